The maximum absolute atomic E-state index is 12.9. The van der Waals surface area contributed by atoms with Gasteiger partial charge < -0.3 is 15.0 Å². The molecule has 2 aromatic carbocycles. The standard InChI is InChI=1S/C23H17F3N4O2/c1-14(2)32-19-8-7-17(22-28-13-20(30-22)23(24,25)26)11-18(19)29-21(31)9-6-15-4-3-5-16(10-15)12-27/h3-5,7-8,10-11,13-14H,1-2H3,(H,28,30)(H,29,31). The highest BCUT2D eigenvalue weighted by Crippen LogP contribution is 2.33. The third-order valence-corrected chi connectivity index (χ3v) is 4.06. The van der Waals surface area contributed by atoms with Crippen LogP contribution in [0, 0.1) is 23.2 Å². The lowest BCUT2D eigenvalue weighted by Crippen LogP contribution is -2.13. The fraction of sp³-hybridized carbons (Fsp3) is 0.174. The molecule has 1 amide bonds. The molecule has 3 rings (SSSR count). The van der Waals surface area contributed by atoms with Gasteiger partial charge in [-0.1, -0.05) is 12.0 Å². The van der Waals surface area contributed by atoms with Crippen LogP contribution in [0.5, 0.6) is 5.75 Å². The molecule has 0 saturated heterocycles. The number of H-pyrrole nitrogens is 1. The van der Waals surface area contributed by atoms with Crippen LogP contribution in [0.25, 0.3) is 11.4 Å². The minimum Gasteiger partial charge on any atom is -0.489 e. The normalized spacial score (nSPS) is 10.8. The van der Waals surface area contributed by atoms with Crippen molar-refractivity contribution < 1.29 is 22.7 Å². The monoisotopic (exact) mass is 438 g/mol. The highest BCUT2D eigenvalue weighted by molar-refractivity contribution is 6.05. The van der Waals surface area contributed by atoms with Gasteiger partial charge in [0, 0.05) is 17.0 Å². The number of halogens is 3. The molecule has 0 aliphatic carbocycles. The van der Waals surface area contributed by atoms with E-state index in [-0.39, 0.29) is 17.6 Å². The average molecular weight is 438 g/mol. The molecule has 0 atom stereocenters. The Morgan fingerprint density at radius 3 is 2.59 bits per heavy atom. The zero-order valence-electron chi connectivity index (χ0n) is 17.0. The first-order valence-corrected chi connectivity index (χ1v) is 9.42. The average Bonchev–Trinajstić information content (AvgIpc) is 3.24. The number of ether oxygens (including phenoxy) is 1. The van der Waals surface area contributed by atoms with Crippen molar-refractivity contribution in [2.75, 3.05) is 5.32 Å². The van der Waals surface area contributed by atoms with Gasteiger partial charge in [0.05, 0.1) is 29.6 Å². The SMILES string of the molecule is CC(C)Oc1ccc(-c2ncc(C(F)(F)F)[nH]2)cc1NC(=O)C#Cc1cccc(C#N)c1. The zero-order valence-corrected chi connectivity index (χ0v) is 17.0. The Kier molecular flexibility index (Phi) is 6.50. The minimum absolute atomic E-state index is 0.0108. The lowest BCUT2D eigenvalue weighted by Gasteiger charge is -2.15. The quantitative estimate of drug-likeness (QED) is 0.576. The second kappa shape index (κ2) is 9.27. The van der Waals surface area contributed by atoms with E-state index in [1.54, 1.807) is 38.1 Å². The van der Waals surface area contributed by atoms with Crippen LogP contribution in [0.3, 0.4) is 0 Å². The van der Waals surface area contributed by atoms with Gasteiger partial charge in [0.1, 0.15) is 17.3 Å². The van der Waals surface area contributed by atoms with E-state index < -0.39 is 17.8 Å². The van der Waals surface area contributed by atoms with Crippen LogP contribution in [0.1, 0.15) is 30.7 Å². The van der Waals surface area contributed by atoms with Crippen LogP contribution in [0.2, 0.25) is 0 Å². The van der Waals surface area contributed by atoms with Gasteiger partial charge >= 0.3 is 12.1 Å². The molecule has 6 nitrogen and oxygen atoms in total. The number of alkyl halides is 3. The number of rotatable bonds is 4. The number of imidazole rings is 1. The predicted octanol–water partition coefficient (Wildman–Crippen LogP) is 4.74. The molecule has 0 spiro atoms. The number of hydrogen-bond donors (Lipinski definition) is 2. The number of hydrogen-bond acceptors (Lipinski definition) is 4. The summed E-state index contributed by atoms with van der Waals surface area (Å²) in [4.78, 5) is 18.4. The topological polar surface area (TPSA) is 90.8 Å². The Bertz CT molecular complexity index is 1240. The van der Waals surface area contributed by atoms with Gasteiger partial charge in [-0.25, -0.2) is 4.98 Å². The second-order valence-electron chi connectivity index (χ2n) is 6.92. The van der Waals surface area contributed by atoms with Gasteiger partial charge in [0.2, 0.25) is 0 Å². The molecule has 9 heteroatoms. The lowest BCUT2D eigenvalue weighted by molar-refractivity contribution is -0.140. The summed E-state index contributed by atoms with van der Waals surface area (Å²) in [6.45, 7) is 3.59. The molecule has 0 aliphatic rings. The van der Waals surface area contributed by atoms with Crippen LogP contribution in [-0.4, -0.2) is 22.0 Å². The molecular weight excluding hydrogens is 421 g/mol. The van der Waals surface area contributed by atoms with E-state index in [1.807, 2.05) is 6.07 Å². The van der Waals surface area contributed by atoms with Gasteiger partial charge in [0.25, 0.3) is 0 Å². The number of aromatic nitrogens is 2. The fourth-order valence-corrected chi connectivity index (χ4v) is 2.69. The molecule has 0 unspecified atom stereocenters. The molecule has 162 valence electrons. The van der Waals surface area contributed by atoms with Crippen LogP contribution in [0.15, 0.2) is 48.7 Å². The number of benzene rings is 2. The van der Waals surface area contributed by atoms with Gasteiger partial charge in [-0.15, -0.1) is 0 Å². The molecule has 0 bridgehead atoms. The molecule has 1 aromatic heterocycles. The summed E-state index contributed by atoms with van der Waals surface area (Å²) in [5, 5.41) is 11.5. The predicted molar refractivity (Wildman–Crippen MR) is 111 cm³/mol. The number of nitriles is 1. The summed E-state index contributed by atoms with van der Waals surface area (Å²) in [7, 11) is 0. The third kappa shape index (κ3) is 5.67. The van der Waals surface area contributed by atoms with Gasteiger partial charge in [-0.2, -0.15) is 18.4 Å². The molecule has 2 N–H and O–H groups in total. The maximum Gasteiger partial charge on any atom is 0.432 e. The van der Waals surface area contributed by atoms with E-state index in [1.165, 1.54) is 18.2 Å². The van der Waals surface area contributed by atoms with Crippen LogP contribution in [0.4, 0.5) is 18.9 Å². The van der Waals surface area contributed by atoms with Crippen LogP contribution < -0.4 is 10.1 Å². The zero-order chi connectivity index (χ0) is 23.3. The lowest BCUT2D eigenvalue weighted by atomic mass is 10.1. The van der Waals surface area contributed by atoms with Gasteiger partial charge in [-0.05, 0) is 50.2 Å². The molecule has 0 radical (unpaired) electrons. The van der Waals surface area contributed by atoms with Gasteiger partial charge in [-0.3, -0.25) is 4.79 Å². The Morgan fingerprint density at radius 1 is 1.19 bits per heavy atom. The highest BCUT2D eigenvalue weighted by Gasteiger charge is 2.33. The molecule has 0 fully saturated rings. The number of nitrogens with one attached hydrogen (secondary N) is 2. The van der Waals surface area contributed by atoms with E-state index in [4.69, 9.17) is 10.00 Å². The summed E-state index contributed by atoms with van der Waals surface area (Å²) >= 11 is 0. The molecule has 3 aromatic rings. The first-order chi connectivity index (χ1) is 15.2. The number of carbonyl (C=O) groups excluding carboxylic acids is 1. The third-order valence-electron chi connectivity index (χ3n) is 4.06. The molecule has 1 heterocycles. The summed E-state index contributed by atoms with van der Waals surface area (Å²) in [5.74, 6) is 4.75. The first-order valence-electron chi connectivity index (χ1n) is 9.42. The fourth-order valence-electron chi connectivity index (χ4n) is 2.69. The van der Waals surface area contributed by atoms with E-state index in [2.05, 4.69) is 27.1 Å². The van der Waals surface area contributed by atoms with Crippen LogP contribution >= 0.6 is 0 Å². The molecular formula is C23H17F3N4O2. The Balaban J connectivity index is 1.89. The number of anilines is 1. The summed E-state index contributed by atoms with van der Waals surface area (Å²) in [6, 6.07) is 13.0. The molecule has 0 saturated carbocycles. The Morgan fingerprint density at radius 2 is 1.94 bits per heavy atom. The van der Waals surface area contributed by atoms with Crippen LogP contribution in [-0.2, 0) is 11.0 Å². The maximum atomic E-state index is 12.9. The van der Waals surface area contributed by atoms with Crippen molar-refractivity contribution in [1.29, 1.82) is 5.26 Å². The summed E-state index contributed by atoms with van der Waals surface area (Å²) in [5.41, 5.74) is 0.468. The number of nitrogens with zero attached hydrogens (tertiary/aromatic N) is 2. The van der Waals surface area contributed by atoms with Crippen molar-refractivity contribution in [3.8, 4) is 35.0 Å². The van der Waals surface area contributed by atoms with E-state index in [9.17, 15) is 18.0 Å². The Labute approximate surface area is 182 Å². The van der Waals surface area contributed by atoms with E-state index >= 15 is 0 Å². The van der Waals surface area contributed by atoms with E-state index in [0.717, 1.165) is 0 Å². The van der Waals surface area contributed by atoms with Crippen molar-refractivity contribution in [3.63, 3.8) is 0 Å². The number of aromatic amines is 1. The van der Waals surface area contributed by atoms with Crippen molar-refractivity contribution >= 4 is 11.6 Å². The summed E-state index contributed by atoms with van der Waals surface area (Å²) in [6.07, 6.45) is -4.06. The molecule has 32 heavy (non-hydrogen) atoms. The number of carbonyl (C=O) groups is 1. The summed E-state index contributed by atoms with van der Waals surface area (Å²) < 4.78 is 44.3. The largest absolute Gasteiger partial charge is 0.489 e. The van der Waals surface area contributed by atoms with E-state index in [0.29, 0.717) is 28.6 Å². The van der Waals surface area contributed by atoms with Crippen molar-refractivity contribution in [2.24, 2.45) is 0 Å². The number of amides is 1. The Hall–Kier alpha value is -4.24. The van der Waals surface area contributed by atoms with Crippen molar-refractivity contribution in [2.45, 2.75) is 26.1 Å². The minimum atomic E-state index is -4.55. The first kappa shape index (κ1) is 22.4. The van der Waals surface area contributed by atoms with Crippen molar-refractivity contribution in [1.82, 2.24) is 9.97 Å². The molecule has 0 aliphatic heterocycles. The second-order valence-corrected chi connectivity index (χ2v) is 6.92. The highest BCUT2D eigenvalue weighted by atomic mass is 19.4. The van der Waals surface area contributed by atoms with Crippen molar-refractivity contribution in [3.05, 3.63) is 65.5 Å². The smallest absolute Gasteiger partial charge is 0.432 e. The van der Waals surface area contributed by atoms with Gasteiger partial charge in [0.15, 0.2) is 0 Å².